The Labute approximate surface area is 202 Å². The summed E-state index contributed by atoms with van der Waals surface area (Å²) in [6.07, 6.45) is -2.90. The fourth-order valence-electron chi connectivity index (χ4n) is 3.48. The number of thioether (sulfide) groups is 1. The third-order valence-electron chi connectivity index (χ3n) is 5.23. The van der Waals surface area contributed by atoms with Crippen LogP contribution in [0.2, 0.25) is 5.02 Å². The molecule has 1 aromatic heterocycles. The molecule has 10 heteroatoms. The average Bonchev–Trinajstić information content (AvgIpc) is 3.50. The molecule has 0 saturated heterocycles. The molecule has 1 N–H and O–H groups in total. The summed E-state index contributed by atoms with van der Waals surface area (Å²) in [4.78, 5) is 9.03. The number of aromatic nitrogens is 3. The van der Waals surface area contributed by atoms with E-state index in [1.807, 2.05) is 48.5 Å². The normalized spacial score (nSPS) is 15.9. The molecule has 0 saturated carbocycles. The lowest BCUT2D eigenvalue weighted by molar-refractivity contribution is -0.137. The Kier molecular flexibility index (Phi) is 6.05. The van der Waals surface area contributed by atoms with Gasteiger partial charge in [0.15, 0.2) is 11.0 Å². The largest absolute Gasteiger partial charge is 0.416 e. The first-order chi connectivity index (χ1) is 16.3. The van der Waals surface area contributed by atoms with Gasteiger partial charge in [-0.2, -0.15) is 13.2 Å². The summed E-state index contributed by atoms with van der Waals surface area (Å²) >= 11 is 7.74. The fraction of sp³-hybridized carbons (Fsp3) is 0.125. The van der Waals surface area contributed by atoms with Crippen LogP contribution in [0.4, 0.5) is 18.9 Å². The van der Waals surface area contributed by atoms with E-state index in [-0.39, 0.29) is 6.04 Å². The smallest absolute Gasteiger partial charge is 0.335 e. The van der Waals surface area contributed by atoms with Crippen molar-refractivity contribution < 1.29 is 13.2 Å². The predicted octanol–water partition coefficient (Wildman–Crippen LogP) is 6.86. The fourth-order valence-corrected chi connectivity index (χ4v) is 4.65. The lowest BCUT2D eigenvalue weighted by Crippen LogP contribution is -2.05. The standard InChI is InChI=1S/C24H17ClF3N5S/c25-18-3-1-2-16(12-18)21-13-34-23(31-21)30-19-8-4-15(5-9-19)22-29-14-33(32-22)20-10-6-17(7-11-20)24(26,27)28/h1-12,14,21H,13H2,(H,30,31). The summed E-state index contributed by atoms with van der Waals surface area (Å²) in [6.45, 7) is 0. The SMILES string of the molecule is FC(F)(F)c1ccc(-n2cnc(-c3ccc(NC4=NC(c5cccc(Cl)c5)CS4)cc3)n2)cc1. The molecule has 0 fully saturated rings. The van der Waals surface area contributed by atoms with Crippen molar-refractivity contribution >= 4 is 34.2 Å². The molecule has 0 spiro atoms. The van der Waals surface area contributed by atoms with E-state index in [0.717, 1.165) is 39.9 Å². The molecule has 2 heterocycles. The van der Waals surface area contributed by atoms with Crippen molar-refractivity contribution in [3.63, 3.8) is 0 Å². The number of halogens is 4. The molecule has 3 aromatic carbocycles. The van der Waals surface area contributed by atoms with Crippen LogP contribution >= 0.6 is 23.4 Å². The maximum atomic E-state index is 12.8. The van der Waals surface area contributed by atoms with Gasteiger partial charge >= 0.3 is 6.18 Å². The number of hydrogen-bond acceptors (Lipinski definition) is 5. The first-order valence-electron chi connectivity index (χ1n) is 10.3. The number of benzene rings is 3. The van der Waals surface area contributed by atoms with Gasteiger partial charge in [0, 0.05) is 22.0 Å². The van der Waals surface area contributed by atoms with Gasteiger partial charge in [0.25, 0.3) is 0 Å². The number of alkyl halides is 3. The number of hydrogen-bond donors (Lipinski definition) is 1. The Morgan fingerprint density at radius 3 is 2.47 bits per heavy atom. The minimum Gasteiger partial charge on any atom is -0.335 e. The van der Waals surface area contributed by atoms with E-state index >= 15 is 0 Å². The quantitative estimate of drug-likeness (QED) is 0.333. The maximum Gasteiger partial charge on any atom is 0.416 e. The zero-order valence-corrected chi connectivity index (χ0v) is 19.1. The van der Waals surface area contributed by atoms with E-state index in [4.69, 9.17) is 16.6 Å². The number of rotatable bonds is 4. The van der Waals surface area contributed by atoms with Crippen molar-refractivity contribution in [3.05, 3.63) is 95.3 Å². The minimum absolute atomic E-state index is 0.0591. The molecule has 4 aromatic rings. The molecule has 1 unspecified atom stereocenters. The van der Waals surface area contributed by atoms with E-state index in [9.17, 15) is 13.2 Å². The highest BCUT2D eigenvalue weighted by atomic mass is 35.5. The minimum atomic E-state index is -4.37. The van der Waals surface area contributed by atoms with Crippen LogP contribution in [-0.4, -0.2) is 25.7 Å². The van der Waals surface area contributed by atoms with Crippen molar-refractivity contribution in [2.75, 3.05) is 11.1 Å². The van der Waals surface area contributed by atoms with Gasteiger partial charge < -0.3 is 5.32 Å². The van der Waals surface area contributed by atoms with Crippen LogP contribution in [0.25, 0.3) is 17.1 Å². The summed E-state index contributed by atoms with van der Waals surface area (Å²) in [6, 6.07) is 20.1. The molecule has 172 valence electrons. The van der Waals surface area contributed by atoms with Crippen LogP contribution in [0, 0.1) is 0 Å². The van der Waals surface area contributed by atoms with Crippen molar-refractivity contribution in [1.82, 2.24) is 14.8 Å². The molecule has 0 bridgehead atoms. The molecule has 1 aliphatic rings. The Morgan fingerprint density at radius 2 is 1.76 bits per heavy atom. The molecular weight excluding hydrogens is 483 g/mol. The lowest BCUT2D eigenvalue weighted by Gasteiger charge is -2.07. The number of anilines is 1. The third kappa shape index (κ3) is 4.95. The van der Waals surface area contributed by atoms with Crippen molar-refractivity contribution in [3.8, 4) is 17.1 Å². The van der Waals surface area contributed by atoms with Crippen LogP contribution in [-0.2, 0) is 6.18 Å². The predicted molar refractivity (Wildman–Crippen MR) is 130 cm³/mol. The monoisotopic (exact) mass is 499 g/mol. The topological polar surface area (TPSA) is 55.1 Å². The molecule has 1 atom stereocenters. The Morgan fingerprint density at radius 1 is 1.00 bits per heavy atom. The molecule has 0 radical (unpaired) electrons. The average molecular weight is 500 g/mol. The van der Waals surface area contributed by atoms with Crippen LogP contribution < -0.4 is 5.32 Å². The summed E-state index contributed by atoms with van der Waals surface area (Å²) in [5, 5.41) is 9.25. The van der Waals surface area contributed by atoms with Gasteiger partial charge in [-0.3, -0.25) is 4.99 Å². The van der Waals surface area contributed by atoms with Gasteiger partial charge in [0.1, 0.15) is 6.33 Å². The zero-order chi connectivity index (χ0) is 23.7. The molecule has 34 heavy (non-hydrogen) atoms. The van der Waals surface area contributed by atoms with Crippen LogP contribution in [0.3, 0.4) is 0 Å². The van der Waals surface area contributed by atoms with E-state index in [1.54, 1.807) is 11.8 Å². The van der Waals surface area contributed by atoms with Gasteiger partial charge in [-0.25, -0.2) is 9.67 Å². The summed E-state index contributed by atoms with van der Waals surface area (Å²) < 4.78 is 39.7. The number of nitrogens with one attached hydrogen (secondary N) is 1. The van der Waals surface area contributed by atoms with Crippen LogP contribution in [0.15, 0.2) is 84.1 Å². The van der Waals surface area contributed by atoms with Gasteiger partial charge in [-0.1, -0.05) is 35.5 Å². The molecule has 0 aliphatic carbocycles. The van der Waals surface area contributed by atoms with Crippen LogP contribution in [0.5, 0.6) is 0 Å². The van der Waals surface area contributed by atoms with Crippen molar-refractivity contribution in [2.24, 2.45) is 4.99 Å². The Bertz CT molecular complexity index is 1330. The first-order valence-corrected chi connectivity index (χ1v) is 11.6. The van der Waals surface area contributed by atoms with E-state index in [1.165, 1.54) is 23.1 Å². The highest BCUT2D eigenvalue weighted by Crippen LogP contribution is 2.32. The summed E-state index contributed by atoms with van der Waals surface area (Å²) in [7, 11) is 0. The number of aliphatic imine (C=N–C) groups is 1. The van der Waals surface area contributed by atoms with E-state index in [0.29, 0.717) is 16.5 Å². The van der Waals surface area contributed by atoms with Gasteiger partial charge in [-0.05, 0) is 66.2 Å². The van der Waals surface area contributed by atoms with Crippen molar-refractivity contribution in [2.45, 2.75) is 12.2 Å². The first kappa shape index (κ1) is 22.5. The molecule has 5 nitrogen and oxygen atoms in total. The van der Waals surface area contributed by atoms with E-state index < -0.39 is 11.7 Å². The van der Waals surface area contributed by atoms with Crippen molar-refractivity contribution in [1.29, 1.82) is 0 Å². The highest BCUT2D eigenvalue weighted by molar-refractivity contribution is 8.14. The second-order valence-corrected chi connectivity index (χ2v) is 9.02. The molecule has 0 amide bonds. The third-order valence-corrected chi connectivity index (χ3v) is 6.43. The zero-order valence-electron chi connectivity index (χ0n) is 17.5. The van der Waals surface area contributed by atoms with Gasteiger partial charge in [0.05, 0.1) is 17.3 Å². The maximum absolute atomic E-state index is 12.8. The van der Waals surface area contributed by atoms with Crippen LogP contribution in [0.1, 0.15) is 17.2 Å². The highest BCUT2D eigenvalue weighted by Gasteiger charge is 2.30. The Balaban J connectivity index is 1.26. The molecule has 5 rings (SSSR count). The molecule has 1 aliphatic heterocycles. The van der Waals surface area contributed by atoms with E-state index in [2.05, 4.69) is 15.4 Å². The Hall–Kier alpha value is -3.30. The van der Waals surface area contributed by atoms with Gasteiger partial charge in [-0.15, -0.1) is 5.10 Å². The second-order valence-electron chi connectivity index (χ2n) is 7.58. The molecular formula is C24H17ClF3N5S. The lowest BCUT2D eigenvalue weighted by atomic mass is 10.1. The number of amidine groups is 1. The van der Waals surface area contributed by atoms with Gasteiger partial charge in [0.2, 0.25) is 0 Å². The summed E-state index contributed by atoms with van der Waals surface area (Å²) in [5.74, 6) is 1.31. The number of nitrogens with zero attached hydrogens (tertiary/aromatic N) is 4. The summed E-state index contributed by atoms with van der Waals surface area (Å²) in [5.41, 5.74) is 2.54. The second kappa shape index (κ2) is 9.15.